The number of ether oxygens (including phenoxy) is 3. The molecule has 0 unspecified atom stereocenters. The van der Waals surface area contributed by atoms with Crippen molar-refractivity contribution < 1.29 is 23.4 Å². The van der Waals surface area contributed by atoms with Crippen molar-refractivity contribution >= 4 is 14.4 Å². The van der Waals surface area contributed by atoms with Crippen LogP contribution < -0.4 is 5.32 Å². The molecule has 0 atom stereocenters. The van der Waals surface area contributed by atoms with Gasteiger partial charge in [-0.1, -0.05) is 0 Å². The predicted molar refractivity (Wildman–Crippen MR) is 80.6 cm³/mol. The number of carbonyl (C=O) groups is 1. The molecule has 20 heavy (non-hydrogen) atoms. The number of hydrogen-bond acceptors (Lipinski definition) is 5. The fourth-order valence-electron chi connectivity index (χ4n) is 1.66. The number of methoxy groups -OCH3 is 1. The summed E-state index contributed by atoms with van der Waals surface area (Å²) in [6, 6.07) is 1.03. The van der Waals surface area contributed by atoms with Crippen LogP contribution in [0.1, 0.15) is 13.3 Å². The smallest absolute Gasteiger partial charge is 0.407 e. The summed E-state index contributed by atoms with van der Waals surface area (Å²) in [5.41, 5.74) is 0. The molecule has 0 aliphatic heterocycles. The molecule has 120 valence electrons. The van der Waals surface area contributed by atoms with Crippen LogP contribution in [0, 0.1) is 0 Å². The zero-order valence-corrected chi connectivity index (χ0v) is 14.2. The summed E-state index contributed by atoms with van der Waals surface area (Å²) < 4.78 is 20.7. The average Bonchev–Trinajstić information content (AvgIpc) is 2.39. The fraction of sp³-hybridized carbons (Fsp3) is 0.923. The molecule has 0 spiro atoms. The Bertz CT molecular complexity index is 251. The Morgan fingerprint density at radius 2 is 1.85 bits per heavy atom. The molecular formula is C13H29NO5Si. The Labute approximate surface area is 123 Å². The van der Waals surface area contributed by atoms with E-state index in [-0.39, 0.29) is 6.61 Å². The van der Waals surface area contributed by atoms with Crippen LogP contribution in [0.5, 0.6) is 0 Å². The molecule has 0 heterocycles. The highest BCUT2D eigenvalue weighted by molar-refractivity contribution is 6.71. The molecule has 0 aromatic rings. The number of nitrogens with one attached hydrogen (secondary N) is 1. The van der Waals surface area contributed by atoms with Gasteiger partial charge in [-0.25, -0.2) is 4.79 Å². The lowest BCUT2D eigenvalue weighted by molar-refractivity contribution is 0.0421. The number of rotatable bonds is 12. The first-order valence-corrected chi connectivity index (χ1v) is 10.2. The van der Waals surface area contributed by atoms with Crippen molar-refractivity contribution in [1.82, 2.24) is 5.32 Å². The summed E-state index contributed by atoms with van der Waals surface area (Å²) >= 11 is 0. The van der Waals surface area contributed by atoms with E-state index in [4.69, 9.17) is 18.6 Å². The van der Waals surface area contributed by atoms with Crippen molar-refractivity contribution in [3.8, 4) is 0 Å². The zero-order chi connectivity index (χ0) is 15.3. The van der Waals surface area contributed by atoms with Crippen LogP contribution in [0.4, 0.5) is 4.79 Å². The summed E-state index contributed by atoms with van der Waals surface area (Å²) in [4.78, 5) is 11.3. The van der Waals surface area contributed by atoms with E-state index in [1.165, 1.54) is 0 Å². The maximum Gasteiger partial charge on any atom is 0.407 e. The molecule has 1 amide bonds. The normalized spacial score (nSPS) is 11.4. The molecule has 0 saturated heterocycles. The standard InChI is InChI=1S/C13H29NO5Si/c1-5-19-20(3,4)12-6-7-14-13(15)18-11-10-17-9-8-16-2/h5-12H2,1-4H3,(H,14,15). The Balaban J connectivity index is 3.41. The summed E-state index contributed by atoms with van der Waals surface area (Å²) in [6.07, 6.45) is 0.523. The van der Waals surface area contributed by atoms with E-state index in [0.29, 0.717) is 26.4 Å². The monoisotopic (exact) mass is 307 g/mol. The molecule has 7 heteroatoms. The molecule has 0 aliphatic rings. The second kappa shape index (κ2) is 12.1. The van der Waals surface area contributed by atoms with E-state index in [1.54, 1.807) is 7.11 Å². The molecule has 1 N–H and O–H groups in total. The van der Waals surface area contributed by atoms with Crippen molar-refractivity contribution in [3.05, 3.63) is 0 Å². The minimum atomic E-state index is -1.54. The molecule has 0 saturated carbocycles. The van der Waals surface area contributed by atoms with Gasteiger partial charge in [0.25, 0.3) is 0 Å². The molecular weight excluding hydrogens is 278 g/mol. The molecule has 0 radical (unpaired) electrons. The Morgan fingerprint density at radius 1 is 1.15 bits per heavy atom. The van der Waals surface area contributed by atoms with Gasteiger partial charge in [0.2, 0.25) is 0 Å². The van der Waals surface area contributed by atoms with Gasteiger partial charge in [0.1, 0.15) is 6.61 Å². The lowest BCUT2D eigenvalue weighted by Gasteiger charge is -2.21. The highest BCUT2D eigenvalue weighted by Gasteiger charge is 2.20. The second-order valence-electron chi connectivity index (χ2n) is 4.96. The summed E-state index contributed by atoms with van der Waals surface area (Å²) in [5, 5.41) is 2.72. The van der Waals surface area contributed by atoms with Crippen LogP contribution in [0.15, 0.2) is 0 Å². The van der Waals surface area contributed by atoms with Gasteiger partial charge in [0.05, 0.1) is 19.8 Å². The first-order chi connectivity index (χ1) is 9.52. The molecule has 0 rings (SSSR count). The topological polar surface area (TPSA) is 66.0 Å². The highest BCUT2D eigenvalue weighted by atomic mass is 28.4. The van der Waals surface area contributed by atoms with Crippen molar-refractivity contribution in [2.45, 2.75) is 32.5 Å². The van der Waals surface area contributed by atoms with E-state index in [0.717, 1.165) is 19.1 Å². The minimum absolute atomic E-state index is 0.259. The van der Waals surface area contributed by atoms with E-state index in [2.05, 4.69) is 18.4 Å². The van der Waals surface area contributed by atoms with Crippen LogP contribution in [-0.2, 0) is 18.6 Å². The van der Waals surface area contributed by atoms with Crippen molar-refractivity contribution in [2.75, 3.05) is 46.7 Å². The van der Waals surface area contributed by atoms with E-state index >= 15 is 0 Å². The first kappa shape index (κ1) is 19.4. The minimum Gasteiger partial charge on any atom is -0.447 e. The SMILES string of the molecule is CCO[Si](C)(C)CCCNC(=O)OCCOCCOC. The molecule has 0 aliphatic carbocycles. The zero-order valence-electron chi connectivity index (χ0n) is 13.2. The van der Waals surface area contributed by atoms with Gasteiger partial charge < -0.3 is 24.0 Å². The van der Waals surface area contributed by atoms with Crippen LogP contribution in [0.25, 0.3) is 0 Å². The average molecular weight is 307 g/mol. The molecule has 0 aromatic heterocycles. The third-order valence-electron chi connectivity index (χ3n) is 2.65. The van der Waals surface area contributed by atoms with Crippen LogP contribution >= 0.6 is 0 Å². The Hall–Kier alpha value is -0.633. The summed E-state index contributed by atoms with van der Waals surface area (Å²) in [6.45, 7) is 9.47. The van der Waals surface area contributed by atoms with Gasteiger partial charge in [0, 0.05) is 20.3 Å². The van der Waals surface area contributed by atoms with E-state index in [9.17, 15) is 4.79 Å². The van der Waals surface area contributed by atoms with Crippen molar-refractivity contribution in [2.24, 2.45) is 0 Å². The quantitative estimate of drug-likeness (QED) is 0.441. The maximum absolute atomic E-state index is 11.3. The van der Waals surface area contributed by atoms with Gasteiger partial charge in [-0.05, 0) is 32.5 Å². The number of carbonyl (C=O) groups excluding carboxylic acids is 1. The second-order valence-corrected chi connectivity index (χ2v) is 9.27. The van der Waals surface area contributed by atoms with E-state index < -0.39 is 14.4 Å². The van der Waals surface area contributed by atoms with E-state index in [1.807, 2.05) is 6.92 Å². The highest BCUT2D eigenvalue weighted by Crippen LogP contribution is 2.12. The molecule has 0 bridgehead atoms. The van der Waals surface area contributed by atoms with Gasteiger partial charge in [-0.2, -0.15) is 0 Å². The largest absolute Gasteiger partial charge is 0.447 e. The molecule has 0 fully saturated rings. The number of alkyl carbamates (subject to hydrolysis) is 1. The van der Waals surface area contributed by atoms with Crippen molar-refractivity contribution in [1.29, 1.82) is 0 Å². The Kier molecular flexibility index (Phi) is 11.7. The lowest BCUT2D eigenvalue weighted by atomic mass is 10.5. The third kappa shape index (κ3) is 12.4. The van der Waals surface area contributed by atoms with Crippen LogP contribution in [0.2, 0.25) is 19.1 Å². The summed E-state index contributed by atoms with van der Waals surface area (Å²) in [7, 11) is 0.0707. The summed E-state index contributed by atoms with van der Waals surface area (Å²) in [5.74, 6) is 0. The molecule has 6 nitrogen and oxygen atoms in total. The Morgan fingerprint density at radius 3 is 2.50 bits per heavy atom. The van der Waals surface area contributed by atoms with Gasteiger partial charge in [-0.3, -0.25) is 0 Å². The van der Waals surface area contributed by atoms with Crippen molar-refractivity contribution in [3.63, 3.8) is 0 Å². The fourth-order valence-corrected chi connectivity index (χ4v) is 3.61. The van der Waals surface area contributed by atoms with Crippen LogP contribution in [-0.4, -0.2) is 61.1 Å². The predicted octanol–water partition coefficient (Wildman–Crippen LogP) is 2.01. The maximum atomic E-state index is 11.3. The van der Waals surface area contributed by atoms with Crippen LogP contribution in [0.3, 0.4) is 0 Å². The van der Waals surface area contributed by atoms with Gasteiger partial charge in [0.15, 0.2) is 8.32 Å². The van der Waals surface area contributed by atoms with Gasteiger partial charge in [-0.15, -0.1) is 0 Å². The molecule has 0 aromatic carbocycles. The van der Waals surface area contributed by atoms with Gasteiger partial charge >= 0.3 is 6.09 Å². The first-order valence-electron chi connectivity index (χ1n) is 7.13. The number of amides is 1. The third-order valence-corrected chi connectivity index (χ3v) is 5.28. The number of hydrogen-bond donors (Lipinski definition) is 1. The lowest BCUT2D eigenvalue weighted by Crippen LogP contribution is -2.32.